The lowest BCUT2D eigenvalue weighted by atomic mass is 9.49. The van der Waals surface area contributed by atoms with E-state index in [9.17, 15) is 9.90 Å². The topological polar surface area (TPSA) is 59.0 Å². The zero-order valence-electron chi connectivity index (χ0n) is 13.5. The Morgan fingerprint density at radius 1 is 1.39 bits per heavy atom. The lowest BCUT2D eigenvalue weighted by Gasteiger charge is -2.62. The van der Waals surface area contributed by atoms with E-state index in [2.05, 4.69) is 18.0 Å². The predicted molar refractivity (Wildman–Crippen MR) is 83.0 cm³/mol. The van der Waals surface area contributed by atoms with Gasteiger partial charge in [-0.3, -0.25) is 4.79 Å². The Labute approximate surface area is 135 Å². The summed E-state index contributed by atoms with van der Waals surface area (Å²) in [5.41, 5.74) is 0.737. The van der Waals surface area contributed by atoms with Crippen molar-refractivity contribution < 1.29 is 19.4 Å². The molecule has 1 saturated carbocycles. The fraction of sp³-hybridized carbons (Fsp3) is 0.611. The molecule has 2 fully saturated rings. The number of likely N-dealkylation sites (N-methyl/N-ethyl adjacent to an activating group) is 1. The summed E-state index contributed by atoms with van der Waals surface area (Å²) in [7, 11) is 3.70. The third-order valence-electron chi connectivity index (χ3n) is 6.73. The van der Waals surface area contributed by atoms with Gasteiger partial charge in [0.2, 0.25) is 0 Å². The molecule has 5 rings (SSSR count). The van der Waals surface area contributed by atoms with Crippen LogP contribution in [-0.2, 0) is 16.6 Å². The van der Waals surface area contributed by atoms with Crippen molar-refractivity contribution in [2.75, 3.05) is 20.7 Å². The molecule has 1 aromatic rings. The Kier molecular flexibility index (Phi) is 2.45. The van der Waals surface area contributed by atoms with E-state index in [4.69, 9.17) is 9.47 Å². The van der Waals surface area contributed by atoms with Crippen molar-refractivity contribution in [3.05, 3.63) is 23.3 Å². The first-order chi connectivity index (χ1) is 11.0. The Bertz CT molecular complexity index is 732. The number of carbonyl (C=O) groups excluding carboxylic acids is 1. The molecule has 2 aliphatic heterocycles. The first kappa shape index (κ1) is 13.8. The van der Waals surface area contributed by atoms with Crippen LogP contribution in [0, 0.1) is 0 Å². The van der Waals surface area contributed by atoms with Crippen LogP contribution in [0.4, 0.5) is 0 Å². The molecule has 1 spiro atoms. The number of ketones is 1. The number of hydrogen-bond donors (Lipinski definition) is 1. The van der Waals surface area contributed by atoms with E-state index >= 15 is 0 Å². The molecule has 2 aliphatic carbocycles. The van der Waals surface area contributed by atoms with Gasteiger partial charge in [0.15, 0.2) is 23.4 Å². The van der Waals surface area contributed by atoms with Crippen LogP contribution in [0.3, 0.4) is 0 Å². The molecule has 2 bridgehead atoms. The molecule has 2 unspecified atom stereocenters. The summed E-state index contributed by atoms with van der Waals surface area (Å²) in [4.78, 5) is 14.9. The second-order valence-electron chi connectivity index (χ2n) is 7.44. The summed E-state index contributed by atoms with van der Waals surface area (Å²) in [6.45, 7) is 0.871. The number of nitrogens with zero attached hydrogens (tertiary/aromatic N) is 1. The Morgan fingerprint density at radius 2 is 2.22 bits per heavy atom. The number of likely N-dealkylation sites (tertiary alicyclic amines) is 1. The van der Waals surface area contributed by atoms with Gasteiger partial charge < -0.3 is 19.5 Å². The maximum atomic E-state index is 12.7. The van der Waals surface area contributed by atoms with Gasteiger partial charge in [-0.2, -0.15) is 0 Å². The van der Waals surface area contributed by atoms with Gasteiger partial charge in [0.1, 0.15) is 0 Å². The van der Waals surface area contributed by atoms with Gasteiger partial charge in [-0.05, 0) is 44.5 Å². The number of methoxy groups -OCH3 is 1. The van der Waals surface area contributed by atoms with Crippen LogP contribution in [-0.4, -0.2) is 54.2 Å². The number of rotatable bonds is 1. The van der Waals surface area contributed by atoms with Gasteiger partial charge in [0.25, 0.3) is 0 Å². The van der Waals surface area contributed by atoms with Crippen molar-refractivity contribution in [3.63, 3.8) is 0 Å². The average Bonchev–Trinajstić information content (AvgIpc) is 2.90. The van der Waals surface area contributed by atoms with Crippen molar-refractivity contribution >= 4 is 5.78 Å². The SMILES string of the molecule is COc1ccc2c3c1OC1C(=O)CCC4(O)[C@@H](C2)N(C)CC[C@]314. The quantitative estimate of drug-likeness (QED) is 0.839. The van der Waals surface area contributed by atoms with Crippen molar-refractivity contribution in [2.24, 2.45) is 0 Å². The number of Topliss-reactive ketones (excluding diaryl/α,β-unsaturated/α-hetero) is 1. The maximum absolute atomic E-state index is 12.7. The molecule has 4 aliphatic rings. The van der Waals surface area contributed by atoms with Gasteiger partial charge in [-0.25, -0.2) is 0 Å². The van der Waals surface area contributed by atoms with Crippen LogP contribution in [0.25, 0.3) is 0 Å². The minimum Gasteiger partial charge on any atom is -0.493 e. The van der Waals surface area contributed by atoms with E-state index in [1.165, 1.54) is 5.56 Å². The fourth-order valence-electron chi connectivity index (χ4n) is 5.69. The third kappa shape index (κ3) is 1.32. The Balaban J connectivity index is 1.86. The minimum absolute atomic E-state index is 0.0438. The van der Waals surface area contributed by atoms with E-state index in [1.807, 2.05) is 6.07 Å². The predicted octanol–water partition coefficient (Wildman–Crippen LogP) is 1.05. The van der Waals surface area contributed by atoms with E-state index in [0.29, 0.717) is 24.3 Å². The van der Waals surface area contributed by atoms with Crippen LogP contribution < -0.4 is 9.47 Å². The molecule has 5 nitrogen and oxygen atoms in total. The number of hydrogen-bond acceptors (Lipinski definition) is 5. The maximum Gasteiger partial charge on any atom is 0.174 e. The summed E-state index contributed by atoms with van der Waals surface area (Å²) in [5, 5.41) is 11.7. The molecular formula is C18H21NO4. The van der Waals surface area contributed by atoms with Crippen LogP contribution in [0.2, 0.25) is 0 Å². The highest BCUT2D eigenvalue weighted by Crippen LogP contribution is 2.64. The summed E-state index contributed by atoms with van der Waals surface area (Å²) >= 11 is 0. The molecule has 1 N–H and O–H groups in total. The summed E-state index contributed by atoms with van der Waals surface area (Å²) < 4.78 is 11.6. The normalized spacial score (nSPS) is 40.6. The minimum atomic E-state index is -0.900. The second-order valence-corrected chi connectivity index (χ2v) is 7.44. The molecule has 0 amide bonds. The van der Waals surface area contributed by atoms with Gasteiger partial charge >= 0.3 is 0 Å². The molecule has 122 valence electrons. The average molecular weight is 315 g/mol. The zero-order valence-corrected chi connectivity index (χ0v) is 13.5. The number of aliphatic hydroxyl groups is 1. The van der Waals surface area contributed by atoms with Crippen LogP contribution in [0.1, 0.15) is 30.4 Å². The van der Waals surface area contributed by atoms with E-state index in [1.54, 1.807) is 7.11 Å². The largest absolute Gasteiger partial charge is 0.493 e. The fourth-order valence-corrected chi connectivity index (χ4v) is 5.69. The molecular weight excluding hydrogens is 294 g/mol. The van der Waals surface area contributed by atoms with Crippen LogP contribution in [0.5, 0.6) is 11.5 Å². The molecule has 0 aromatic heterocycles. The second kappa shape index (κ2) is 4.08. The number of piperidine rings is 1. The lowest BCUT2D eigenvalue weighted by molar-refractivity contribution is -0.185. The summed E-state index contributed by atoms with van der Waals surface area (Å²) in [5.74, 6) is 1.47. The number of carbonyl (C=O) groups is 1. The first-order valence-corrected chi connectivity index (χ1v) is 8.35. The summed E-state index contributed by atoms with van der Waals surface area (Å²) in [6, 6.07) is 4.05. The van der Waals surface area contributed by atoms with Crippen molar-refractivity contribution in [1.29, 1.82) is 0 Å². The molecule has 2 heterocycles. The van der Waals surface area contributed by atoms with E-state index in [0.717, 1.165) is 24.9 Å². The van der Waals surface area contributed by atoms with Crippen molar-refractivity contribution in [2.45, 2.75) is 48.8 Å². The third-order valence-corrected chi connectivity index (χ3v) is 6.73. The molecule has 23 heavy (non-hydrogen) atoms. The van der Waals surface area contributed by atoms with Crippen LogP contribution >= 0.6 is 0 Å². The summed E-state index contributed by atoms with van der Waals surface area (Å²) in [6.07, 6.45) is 1.89. The van der Waals surface area contributed by atoms with Gasteiger partial charge in [0.05, 0.1) is 18.1 Å². The molecule has 1 aromatic carbocycles. The Morgan fingerprint density at radius 3 is 3.00 bits per heavy atom. The molecule has 5 heteroatoms. The Hall–Kier alpha value is -1.59. The van der Waals surface area contributed by atoms with E-state index in [-0.39, 0.29) is 11.8 Å². The first-order valence-electron chi connectivity index (χ1n) is 8.35. The standard InChI is InChI=1S/C18H21NO4/c1-19-8-7-17-14-10-3-4-12(22-2)15(14)23-16(17)11(20)5-6-18(17,21)13(19)9-10/h3-4,13,16,21H,5-9H2,1-2H3/t13-,16?,17+,18?/m1/s1. The van der Waals surface area contributed by atoms with Crippen molar-refractivity contribution in [1.82, 2.24) is 4.90 Å². The monoisotopic (exact) mass is 315 g/mol. The zero-order chi connectivity index (χ0) is 16.0. The number of benzene rings is 1. The number of ether oxygens (including phenoxy) is 2. The van der Waals surface area contributed by atoms with Crippen molar-refractivity contribution in [3.8, 4) is 11.5 Å². The van der Waals surface area contributed by atoms with E-state index < -0.39 is 17.1 Å². The van der Waals surface area contributed by atoms with Gasteiger partial charge in [-0.1, -0.05) is 6.07 Å². The lowest BCUT2D eigenvalue weighted by Crippen LogP contribution is -2.76. The smallest absolute Gasteiger partial charge is 0.174 e. The van der Waals surface area contributed by atoms with Gasteiger partial charge in [0, 0.05) is 18.0 Å². The molecule has 1 saturated heterocycles. The molecule has 4 atom stereocenters. The highest BCUT2D eigenvalue weighted by molar-refractivity contribution is 5.90. The van der Waals surface area contributed by atoms with Crippen LogP contribution in [0.15, 0.2) is 12.1 Å². The highest BCUT2D eigenvalue weighted by Gasteiger charge is 2.72. The van der Waals surface area contributed by atoms with Gasteiger partial charge in [-0.15, -0.1) is 0 Å². The highest BCUT2D eigenvalue weighted by atomic mass is 16.5. The molecule has 0 radical (unpaired) electrons.